The number of aryl methyl sites for hydroxylation is 2. The van der Waals surface area contributed by atoms with Crippen molar-refractivity contribution in [1.82, 2.24) is 15.3 Å². The standard InChI is InChI=1S/C22H34N4O/c1-16(2)27-14-6-11-23-19-7-5-12-26(13-10-19)22-24-18(4)20-9-8-17(3)15-21(20)25-22/h8-9,15-16,19,23H,5-7,10-14H2,1-4H3/t19-/m0/s1. The van der Waals surface area contributed by atoms with Gasteiger partial charge in [0, 0.05) is 31.1 Å². The van der Waals surface area contributed by atoms with E-state index in [9.17, 15) is 0 Å². The second-order valence-corrected chi connectivity index (χ2v) is 7.97. The zero-order valence-corrected chi connectivity index (χ0v) is 17.3. The fourth-order valence-electron chi connectivity index (χ4n) is 3.72. The summed E-state index contributed by atoms with van der Waals surface area (Å²) < 4.78 is 5.62. The average Bonchev–Trinajstić information content (AvgIpc) is 2.86. The number of ether oxygens (including phenoxy) is 1. The van der Waals surface area contributed by atoms with Crippen LogP contribution < -0.4 is 10.2 Å². The molecule has 2 heterocycles. The Morgan fingerprint density at radius 2 is 2.04 bits per heavy atom. The van der Waals surface area contributed by atoms with E-state index in [-0.39, 0.29) is 0 Å². The molecule has 0 saturated carbocycles. The van der Waals surface area contributed by atoms with E-state index in [1.165, 1.54) is 18.4 Å². The minimum Gasteiger partial charge on any atom is -0.379 e. The molecule has 1 aliphatic heterocycles. The Morgan fingerprint density at radius 1 is 1.19 bits per heavy atom. The number of anilines is 1. The fourth-order valence-corrected chi connectivity index (χ4v) is 3.72. The van der Waals surface area contributed by atoms with E-state index < -0.39 is 0 Å². The maximum Gasteiger partial charge on any atom is 0.226 e. The monoisotopic (exact) mass is 370 g/mol. The molecule has 0 aliphatic carbocycles. The van der Waals surface area contributed by atoms with Crippen LogP contribution in [0, 0.1) is 13.8 Å². The summed E-state index contributed by atoms with van der Waals surface area (Å²) in [6, 6.07) is 7.01. The summed E-state index contributed by atoms with van der Waals surface area (Å²) in [6.07, 6.45) is 4.93. The highest BCUT2D eigenvalue weighted by Crippen LogP contribution is 2.22. The van der Waals surface area contributed by atoms with Gasteiger partial charge < -0.3 is 15.0 Å². The van der Waals surface area contributed by atoms with Gasteiger partial charge in [-0.05, 0) is 71.6 Å². The third-order valence-electron chi connectivity index (χ3n) is 5.25. The molecule has 0 radical (unpaired) electrons. The van der Waals surface area contributed by atoms with Crippen LogP contribution in [-0.4, -0.2) is 48.4 Å². The van der Waals surface area contributed by atoms with E-state index in [4.69, 9.17) is 14.7 Å². The summed E-state index contributed by atoms with van der Waals surface area (Å²) in [5, 5.41) is 4.86. The Hall–Kier alpha value is -1.72. The lowest BCUT2D eigenvalue weighted by molar-refractivity contribution is 0.0766. The van der Waals surface area contributed by atoms with Gasteiger partial charge >= 0.3 is 0 Å². The molecule has 1 saturated heterocycles. The van der Waals surface area contributed by atoms with Crippen LogP contribution >= 0.6 is 0 Å². The van der Waals surface area contributed by atoms with Gasteiger partial charge in [-0.3, -0.25) is 0 Å². The molecule has 1 aliphatic rings. The molecule has 148 valence electrons. The number of aromatic nitrogens is 2. The molecule has 1 atom stereocenters. The second kappa shape index (κ2) is 9.47. The van der Waals surface area contributed by atoms with Gasteiger partial charge in [-0.2, -0.15) is 0 Å². The van der Waals surface area contributed by atoms with Gasteiger partial charge in [-0.25, -0.2) is 9.97 Å². The Balaban J connectivity index is 1.57. The number of nitrogens with one attached hydrogen (secondary N) is 1. The molecule has 0 amide bonds. The van der Waals surface area contributed by atoms with Crippen molar-refractivity contribution in [2.24, 2.45) is 0 Å². The first kappa shape index (κ1) is 20.0. The van der Waals surface area contributed by atoms with Crippen LogP contribution in [0.15, 0.2) is 18.2 Å². The van der Waals surface area contributed by atoms with Gasteiger partial charge in [0.2, 0.25) is 5.95 Å². The first-order valence-electron chi connectivity index (χ1n) is 10.4. The van der Waals surface area contributed by atoms with E-state index in [1.54, 1.807) is 0 Å². The zero-order chi connectivity index (χ0) is 19.2. The van der Waals surface area contributed by atoms with Gasteiger partial charge in [0.05, 0.1) is 17.3 Å². The van der Waals surface area contributed by atoms with Gasteiger partial charge in [-0.1, -0.05) is 12.1 Å². The molecule has 0 unspecified atom stereocenters. The van der Waals surface area contributed by atoms with E-state index >= 15 is 0 Å². The minimum absolute atomic E-state index is 0.325. The third-order valence-corrected chi connectivity index (χ3v) is 5.25. The summed E-state index contributed by atoms with van der Waals surface area (Å²) in [5.41, 5.74) is 3.37. The first-order valence-corrected chi connectivity index (χ1v) is 10.4. The van der Waals surface area contributed by atoms with E-state index in [1.807, 2.05) is 0 Å². The maximum atomic E-state index is 5.62. The number of hydrogen-bond donors (Lipinski definition) is 1. The maximum absolute atomic E-state index is 5.62. The lowest BCUT2D eigenvalue weighted by atomic mass is 10.1. The predicted octanol–water partition coefficient (Wildman–Crippen LogP) is 4.01. The number of nitrogens with zero attached hydrogens (tertiary/aromatic N) is 3. The van der Waals surface area contributed by atoms with Crippen LogP contribution in [0.25, 0.3) is 10.9 Å². The summed E-state index contributed by atoms with van der Waals surface area (Å²) in [4.78, 5) is 12.0. The minimum atomic E-state index is 0.325. The molecule has 1 N–H and O–H groups in total. The van der Waals surface area contributed by atoms with Crippen LogP contribution in [-0.2, 0) is 4.74 Å². The van der Waals surface area contributed by atoms with Gasteiger partial charge in [0.1, 0.15) is 0 Å². The van der Waals surface area contributed by atoms with Crippen LogP contribution in [0.5, 0.6) is 0 Å². The topological polar surface area (TPSA) is 50.3 Å². The molecule has 1 aromatic carbocycles. The summed E-state index contributed by atoms with van der Waals surface area (Å²) >= 11 is 0. The third kappa shape index (κ3) is 5.63. The first-order chi connectivity index (χ1) is 13.0. The highest BCUT2D eigenvalue weighted by Gasteiger charge is 2.19. The van der Waals surface area contributed by atoms with E-state index in [0.717, 1.165) is 61.6 Å². The molecule has 3 rings (SSSR count). The van der Waals surface area contributed by atoms with Crippen molar-refractivity contribution < 1.29 is 4.74 Å². The average molecular weight is 371 g/mol. The highest BCUT2D eigenvalue weighted by molar-refractivity contribution is 5.82. The molecule has 5 nitrogen and oxygen atoms in total. The smallest absolute Gasteiger partial charge is 0.226 e. The van der Waals surface area contributed by atoms with Crippen LogP contribution in [0.3, 0.4) is 0 Å². The Labute approximate surface area is 163 Å². The SMILES string of the molecule is Cc1ccc2c(C)nc(N3CCC[C@H](NCCCOC(C)C)CC3)nc2c1. The van der Waals surface area contributed by atoms with Gasteiger partial charge in [0.15, 0.2) is 0 Å². The Bertz CT molecular complexity index is 746. The van der Waals surface area contributed by atoms with Crippen molar-refractivity contribution >= 4 is 16.9 Å². The molecule has 2 aromatic rings. The predicted molar refractivity (Wildman–Crippen MR) is 113 cm³/mol. The molecule has 5 heteroatoms. The van der Waals surface area contributed by atoms with Crippen molar-refractivity contribution in [3.63, 3.8) is 0 Å². The molecule has 27 heavy (non-hydrogen) atoms. The van der Waals surface area contributed by atoms with Crippen molar-refractivity contribution in [3.8, 4) is 0 Å². The largest absolute Gasteiger partial charge is 0.379 e. The fraction of sp³-hybridized carbons (Fsp3) is 0.636. The number of rotatable bonds is 7. The molecule has 0 spiro atoms. The van der Waals surface area contributed by atoms with E-state index in [2.05, 4.69) is 56.1 Å². The second-order valence-electron chi connectivity index (χ2n) is 7.97. The zero-order valence-electron chi connectivity index (χ0n) is 17.3. The quantitative estimate of drug-likeness (QED) is 0.746. The number of benzene rings is 1. The summed E-state index contributed by atoms with van der Waals surface area (Å²) in [6.45, 7) is 12.3. The molecule has 1 fully saturated rings. The normalized spacial score (nSPS) is 18.3. The van der Waals surface area contributed by atoms with E-state index in [0.29, 0.717) is 12.1 Å². The van der Waals surface area contributed by atoms with Gasteiger partial charge in [0.25, 0.3) is 0 Å². The van der Waals surface area contributed by atoms with Crippen molar-refractivity contribution in [2.75, 3.05) is 31.1 Å². The van der Waals surface area contributed by atoms with Crippen molar-refractivity contribution in [1.29, 1.82) is 0 Å². The Kier molecular flexibility index (Phi) is 7.02. The number of hydrogen-bond acceptors (Lipinski definition) is 5. The lowest BCUT2D eigenvalue weighted by Gasteiger charge is -2.22. The summed E-state index contributed by atoms with van der Waals surface area (Å²) in [7, 11) is 0. The van der Waals surface area contributed by atoms with Crippen molar-refractivity contribution in [2.45, 2.75) is 65.5 Å². The summed E-state index contributed by atoms with van der Waals surface area (Å²) in [5.74, 6) is 0.886. The lowest BCUT2D eigenvalue weighted by Crippen LogP contribution is -2.32. The molecular weight excluding hydrogens is 336 g/mol. The number of fused-ring (bicyclic) bond motifs is 1. The van der Waals surface area contributed by atoms with Gasteiger partial charge in [-0.15, -0.1) is 0 Å². The molecule has 1 aromatic heterocycles. The van der Waals surface area contributed by atoms with Crippen LogP contribution in [0.2, 0.25) is 0 Å². The van der Waals surface area contributed by atoms with Crippen molar-refractivity contribution in [3.05, 3.63) is 29.5 Å². The molecule has 0 bridgehead atoms. The Morgan fingerprint density at radius 3 is 2.85 bits per heavy atom. The van der Waals surface area contributed by atoms with Crippen LogP contribution in [0.1, 0.15) is 50.8 Å². The van der Waals surface area contributed by atoms with Crippen LogP contribution in [0.4, 0.5) is 5.95 Å². The highest BCUT2D eigenvalue weighted by atomic mass is 16.5. The molecular formula is C22H34N4O.